The maximum atomic E-state index is 13.5. The van der Waals surface area contributed by atoms with Crippen molar-refractivity contribution in [3.8, 4) is 22.4 Å². The molecule has 41 heavy (non-hydrogen) atoms. The number of hydrogen-bond donors (Lipinski definition) is 2. The second-order valence-electron chi connectivity index (χ2n) is 12.6. The Morgan fingerprint density at radius 3 is 2.49 bits per heavy atom. The van der Waals surface area contributed by atoms with E-state index in [4.69, 9.17) is 9.72 Å². The van der Waals surface area contributed by atoms with Crippen molar-refractivity contribution in [1.82, 2.24) is 20.2 Å². The number of fused-ring (bicyclic) bond motifs is 2. The molecule has 2 amide bonds. The molecular formula is C34H42N4O3. The van der Waals surface area contributed by atoms with Gasteiger partial charge in [0.25, 0.3) is 0 Å². The van der Waals surface area contributed by atoms with E-state index in [2.05, 4.69) is 53.6 Å². The quantitative estimate of drug-likeness (QED) is 0.349. The van der Waals surface area contributed by atoms with Crippen molar-refractivity contribution in [3.05, 3.63) is 65.1 Å². The van der Waals surface area contributed by atoms with Gasteiger partial charge in [-0.15, -0.1) is 0 Å². The number of aromatic nitrogens is 2. The Hall–Kier alpha value is -3.61. The summed E-state index contributed by atoms with van der Waals surface area (Å²) < 4.78 is 4.75. The molecular weight excluding hydrogens is 512 g/mol. The van der Waals surface area contributed by atoms with Gasteiger partial charge < -0.3 is 19.9 Å². The van der Waals surface area contributed by atoms with Crippen molar-refractivity contribution in [2.75, 3.05) is 13.7 Å². The molecule has 1 aromatic heterocycles. The number of benzene rings is 2. The largest absolute Gasteiger partial charge is 0.453 e. The summed E-state index contributed by atoms with van der Waals surface area (Å²) in [7, 11) is 1.31. The van der Waals surface area contributed by atoms with E-state index in [1.165, 1.54) is 62.3 Å². The molecule has 216 valence electrons. The second-order valence-corrected chi connectivity index (χ2v) is 12.6. The molecule has 2 heterocycles. The SMILES string of the molecule is COC(=O)N[C@H](C(=O)N1CCC[C@H]1c1ncc(-c2ccc(-c3ccc(C)c4c3CCC43CCCC3)cc2)[nH]1)C(C)C. The van der Waals surface area contributed by atoms with Crippen LogP contribution in [-0.4, -0.2) is 46.6 Å². The minimum Gasteiger partial charge on any atom is -0.453 e. The van der Waals surface area contributed by atoms with E-state index in [0.717, 1.165) is 29.9 Å². The average molecular weight is 555 g/mol. The first-order valence-corrected chi connectivity index (χ1v) is 15.2. The summed E-state index contributed by atoms with van der Waals surface area (Å²) in [6, 6.07) is 12.7. The molecule has 7 nitrogen and oxygen atoms in total. The van der Waals surface area contributed by atoms with E-state index in [0.29, 0.717) is 12.0 Å². The first-order chi connectivity index (χ1) is 19.8. The van der Waals surface area contributed by atoms with Crippen LogP contribution in [0.15, 0.2) is 42.6 Å². The lowest BCUT2D eigenvalue weighted by atomic mass is 9.77. The zero-order chi connectivity index (χ0) is 28.7. The van der Waals surface area contributed by atoms with Crippen molar-refractivity contribution in [1.29, 1.82) is 0 Å². The molecule has 1 aliphatic heterocycles. The van der Waals surface area contributed by atoms with Gasteiger partial charge in [-0.05, 0) is 90.2 Å². The minimum atomic E-state index is -0.642. The lowest BCUT2D eigenvalue weighted by molar-refractivity contribution is -0.135. The van der Waals surface area contributed by atoms with Gasteiger partial charge in [-0.3, -0.25) is 4.79 Å². The molecule has 2 N–H and O–H groups in total. The molecule has 1 spiro atoms. The summed E-state index contributed by atoms with van der Waals surface area (Å²) in [5.74, 6) is 0.626. The van der Waals surface area contributed by atoms with Crippen LogP contribution >= 0.6 is 0 Å². The van der Waals surface area contributed by atoms with Crippen LogP contribution in [0.25, 0.3) is 22.4 Å². The number of rotatable bonds is 6. The van der Waals surface area contributed by atoms with Gasteiger partial charge in [0, 0.05) is 6.54 Å². The fourth-order valence-corrected chi connectivity index (χ4v) is 7.75. The number of imidazole rings is 1. The number of amides is 2. The Kier molecular flexibility index (Phi) is 7.39. The van der Waals surface area contributed by atoms with Gasteiger partial charge in [0.1, 0.15) is 11.9 Å². The van der Waals surface area contributed by atoms with Crippen LogP contribution in [-0.2, 0) is 21.4 Å². The molecule has 2 aromatic carbocycles. The third-order valence-corrected chi connectivity index (χ3v) is 9.81. The fraction of sp³-hybridized carbons (Fsp3) is 0.500. The maximum absolute atomic E-state index is 13.5. The van der Waals surface area contributed by atoms with Crippen LogP contribution in [0.5, 0.6) is 0 Å². The third-order valence-electron chi connectivity index (χ3n) is 9.81. The highest BCUT2D eigenvalue weighted by Gasteiger charge is 2.42. The predicted octanol–water partition coefficient (Wildman–Crippen LogP) is 6.85. The summed E-state index contributed by atoms with van der Waals surface area (Å²) in [5.41, 5.74) is 9.76. The van der Waals surface area contributed by atoms with Gasteiger partial charge in [-0.25, -0.2) is 9.78 Å². The summed E-state index contributed by atoms with van der Waals surface area (Å²) in [4.78, 5) is 35.4. The number of aryl methyl sites for hydroxylation is 1. The molecule has 2 fully saturated rings. The van der Waals surface area contributed by atoms with Crippen LogP contribution in [0.4, 0.5) is 4.79 Å². The van der Waals surface area contributed by atoms with Crippen molar-refractivity contribution in [3.63, 3.8) is 0 Å². The summed E-state index contributed by atoms with van der Waals surface area (Å²) in [6.45, 7) is 6.79. The van der Waals surface area contributed by atoms with Crippen LogP contribution in [0, 0.1) is 12.8 Å². The van der Waals surface area contributed by atoms with E-state index in [9.17, 15) is 9.59 Å². The van der Waals surface area contributed by atoms with Gasteiger partial charge in [0.05, 0.1) is 25.0 Å². The Morgan fingerprint density at radius 2 is 1.78 bits per heavy atom. The number of alkyl carbamates (subject to hydrolysis) is 1. The van der Waals surface area contributed by atoms with Crippen molar-refractivity contribution in [2.24, 2.45) is 5.92 Å². The van der Waals surface area contributed by atoms with Gasteiger partial charge in [-0.2, -0.15) is 0 Å². The van der Waals surface area contributed by atoms with Crippen LogP contribution in [0.1, 0.15) is 87.3 Å². The molecule has 3 aromatic rings. The highest BCUT2D eigenvalue weighted by Crippen LogP contribution is 2.53. The van der Waals surface area contributed by atoms with E-state index in [1.807, 2.05) is 24.9 Å². The maximum Gasteiger partial charge on any atom is 0.407 e. The molecule has 2 aliphatic carbocycles. The summed E-state index contributed by atoms with van der Waals surface area (Å²) in [6.07, 6.45) is 10.9. The number of nitrogens with one attached hydrogen (secondary N) is 2. The highest BCUT2D eigenvalue weighted by atomic mass is 16.5. The molecule has 1 saturated heterocycles. The average Bonchev–Trinajstić information content (AvgIpc) is 3.79. The minimum absolute atomic E-state index is 0.0630. The van der Waals surface area contributed by atoms with Crippen molar-refractivity contribution < 1.29 is 14.3 Å². The van der Waals surface area contributed by atoms with Gasteiger partial charge in [-0.1, -0.05) is 63.1 Å². The predicted molar refractivity (Wildman–Crippen MR) is 161 cm³/mol. The summed E-state index contributed by atoms with van der Waals surface area (Å²) >= 11 is 0. The first-order valence-electron chi connectivity index (χ1n) is 15.2. The molecule has 2 atom stereocenters. The second kappa shape index (κ2) is 11.0. The van der Waals surface area contributed by atoms with Gasteiger partial charge >= 0.3 is 6.09 Å². The number of ether oxygens (including phenoxy) is 1. The number of methoxy groups -OCH3 is 1. The number of carbonyl (C=O) groups is 2. The van der Waals surface area contributed by atoms with Gasteiger partial charge in [0.15, 0.2) is 0 Å². The molecule has 1 saturated carbocycles. The third kappa shape index (κ3) is 4.93. The number of H-pyrrole nitrogens is 1. The Balaban J connectivity index is 1.21. The molecule has 0 bridgehead atoms. The first kappa shape index (κ1) is 27.6. The number of nitrogens with zero attached hydrogens (tertiary/aromatic N) is 2. The Bertz CT molecular complexity index is 1430. The molecule has 6 rings (SSSR count). The van der Waals surface area contributed by atoms with Crippen LogP contribution in [0.3, 0.4) is 0 Å². The zero-order valence-corrected chi connectivity index (χ0v) is 24.8. The van der Waals surface area contributed by atoms with Crippen LogP contribution < -0.4 is 5.32 Å². The van der Waals surface area contributed by atoms with E-state index in [-0.39, 0.29) is 17.9 Å². The topological polar surface area (TPSA) is 87.3 Å². The van der Waals surface area contributed by atoms with Crippen LogP contribution in [0.2, 0.25) is 0 Å². The van der Waals surface area contributed by atoms with Gasteiger partial charge in [0.2, 0.25) is 5.91 Å². The zero-order valence-electron chi connectivity index (χ0n) is 24.8. The lowest BCUT2D eigenvalue weighted by Crippen LogP contribution is -2.51. The Morgan fingerprint density at radius 1 is 1.05 bits per heavy atom. The smallest absolute Gasteiger partial charge is 0.407 e. The monoisotopic (exact) mass is 554 g/mol. The number of hydrogen-bond acceptors (Lipinski definition) is 4. The standard InChI is InChI=1S/C34H42N4O3/c1-21(2)30(37-33(40)41-4)32(39)38-19-7-8-28(38)31-35-20-27(36-31)24-12-10-23(11-13-24)25-14-9-22(3)29-26(25)15-18-34(29)16-5-6-17-34/h9-14,20-21,28,30H,5-8,15-19H2,1-4H3,(H,35,36)(H,37,40)/t28-,30-/m0/s1. The number of carbonyl (C=O) groups excluding carboxylic acids is 2. The molecule has 3 aliphatic rings. The molecule has 0 radical (unpaired) electrons. The summed E-state index contributed by atoms with van der Waals surface area (Å²) in [5, 5.41) is 2.71. The highest BCUT2D eigenvalue weighted by molar-refractivity contribution is 5.86. The van der Waals surface area contributed by atoms with Crippen molar-refractivity contribution in [2.45, 2.75) is 89.6 Å². The molecule has 7 heteroatoms. The van der Waals surface area contributed by atoms with E-state index < -0.39 is 12.1 Å². The normalized spacial score (nSPS) is 20.0. The number of aromatic amines is 1. The lowest BCUT2D eigenvalue weighted by Gasteiger charge is -2.30. The Labute approximate surface area is 243 Å². The number of likely N-dealkylation sites (tertiary alicyclic amines) is 1. The molecule has 0 unspecified atom stereocenters. The van der Waals surface area contributed by atoms with E-state index in [1.54, 1.807) is 11.1 Å². The van der Waals surface area contributed by atoms with Crippen molar-refractivity contribution >= 4 is 12.0 Å². The van der Waals surface area contributed by atoms with E-state index >= 15 is 0 Å². The fourth-order valence-electron chi connectivity index (χ4n) is 7.75.